The molecule has 0 spiro atoms. The molecule has 1 N–H and O–H groups in total. The Labute approximate surface area is 147 Å². The van der Waals surface area contributed by atoms with Gasteiger partial charge in [0.15, 0.2) is 0 Å². The van der Waals surface area contributed by atoms with Crippen molar-refractivity contribution in [2.45, 2.75) is 0 Å². The Kier molecular flexibility index (Phi) is 4.85. The highest BCUT2D eigenvalue weighted by Gasteiger charge is 2.19. The van der Waals surface area contributed by atoms with Gasteiger partial charge in [-0.2, -0.15) is 0 Å². The number of aromatic amines is 1. The Morgan fingerprint density at radius 1 is 1.21 bits per heavy atom. The number of amides is 1. The Hall–Kier alpha value is -2.34. The molecule has 3 rings (SSSR count). The third kappa shape index (κ3) is 3.43. The molecule has 0 fully saturated rings. The third-order valence-electron chi connectivity index (χ3n) is 3.71. The molecule has 2 aromatic carbocycles. The highest BCUT2D eigenvalue weighted by Crippen LogP contribution is 2.28. The minimum atomic E-state index is -0.307. The molecule has 1 aromatic heterocycles. The van der Waals surface area contributed by atoms with E-state index in [1.807, 2.05) is 24.3 Å². The average Bonchev–Trinajstić information content (AvgIpc) is 2.93. The van der Waals surface area contributed by atoms with Gasteiger partial charge in [-0.15, -0.1) is 0 Å². The summed E-state index contributed by atoms with van der Waals surface area (Å²) in [5.74, 6) is 0.142. The van der Waals surface area contributed by atoms with Gasteiger partial charge in [0.2, 0.25) is 0 Å². The van der Waals surface area contributed by atoms with Crippen molar-refractivity contribution in [3.8, 4) is 5.75 Å². The summed E-state index contributed by atoms with van der Waals surface area (Å²) >= 11 is 3.49. The normalized spacial score (nSPS) is 10.8. The number of H-pyrrole nitrogens is 1. The zero-order valence-corrected chi connectivity index (χ0v) is 14.6. The van der Waals surface area contributed by atoms with Crippen LogP contribution in [-0.2, 0) is 0 Å². The number of fused-ring (bicyclic) bond motifs is 1. The summed E-state index contributed by atoms with van der Waals surface area (Å²) in [6.45, 7) is 0.740. The van der Waals surface area contributed by atoms with Crippen LogP contribution in [0.5, 0.6) is 5.75 Å². The molecule has 0 aliphatic rings. The molecule has 0 aliphatic heterocycles. The summed E-state index contributed by atoms with van der Waals surface area (Å²) in [6.07, 6.45) is 0. The lowest BCUT2D eigenvalue weighted by molar-refractivity contribution is 0.0768. The minimum Gasteiger partial charge on any atom is -0.492 e. The van der Waals surface area contributed by atoms with E-state index in [0.29, 0.717) is 24.6 Å². The average molecular weight is 391 g/mol. The van der Waals surface area contributed by atoms with Gasteiger partial charge in [-0.05, 0) is 46.3 Å². The van der Waals surface area contributed by atoms with E-state index in [9.17, 15) is 9.18 Å². The molecule has 0 aliphatic carbocycles. The van der Waals surface area contributed by atoms with Gasteiger partial charge in [0.25, 0.3) is 5.91 Å². The smallest absolute Gasteiger partial charge is 0.271 e. The van der Waals surface area contributed by atoms with Crippen LogP contribution in [0, 0.1) is 5.82 Å². The van der Waals surface area contributed by atoms with Crippen LogP contribution in [0.4, 0.5) is 4.39 Å². The highest BCUT2D eigenvalue weighted by atomic mass is 79.9. The fourth-order valence-corrected chi connectivity index (χ4v) is 2.99. The van der Waals surface area contributed by atoms with Gasteiger partial charge >= 0.3 is 0 Å². The van der Waals surface area contributed by atoms with E-state index in [-0.39, 0.29) is 11.7 Å². The number of nitrogens with one attached hydrogen (secondary N) is 1. The largest absolute Gasteiger partial charge is 0.492 e. The van der Waals surface area contributed by atoms with E-state index in [1.54, 1.807) is 24.1 Å². The third-order valence-corrected chi connectivity index (χ3v) is 4.54. The van der Waals surface area contributed by atoms with Crippen molar-refractivity contribution < 1.29 is 13.9 Å². The molecular formula is C18H16BrFN2O2. The van der Waals surface area contributed by atoms with Crippen LogP contribution in [0.1, 0.15) is 10.5 Å². The highest BCUT2D eigenvalue weighted by molar-refractivity contribution is 9.10. The van der Waals surface area contributed by atoms with E-state index in [2.05, 4.69) is 20.9 Å². The molecule has 1 heterocycles. The van der Waals surface area contributed by atoms with Gasteiger partial charge in [0.05, 0.1) is 11.0 Å². The van der Waals surface area contributed by atoms with E-state index >= 15 is 0 Å². The molecule has 0 unspecified atom stereocenters. The van der Waals surface area contributed by atoms with Crippen LogP contribution in [0.3, 0.4) is 0 Å². The molecule has 6 heteroatoms. The maximum absolute atomic E-state index is 12.8. The van der Waals surface area contributed by atoms with Crippen LogP contribution in [0.25, 0.3) is 10.9 Å². The van der Waals surface area contributed by atoms with Crippen molar-refractivity contribution in [3.05, 3.63) is 64.5 Å². The Balaban J connectivity index is 1.63. The number of ether oxygens (including phenoxy) is 1. The zero-order chi connectivity index (χ0) is 17.1. The molecule has 0 saturated heterocycles. The van der Waals surface area contributed by atoms with Crippen LogP contribution < -0.4 is 4.74 Å². The predicted octanol–water partition coefficient (Wildman–Crippen LogP) is 4.22. The molecule has 24 heavy (non-hydrogen) atoms. The van der Waals surface area contributed by atoms with E-state index < -0.39 is 0 Å². The fourth-order valence-electron chi connectivity index (χ4n) is 2.38. The zero-order valence-electron chi connectivity index (χ0n) is 13.1. The van der Waals surface area contributed by atoms with Crippen molar-refractivity contribution in [3.63, 3.8) is 0 Å². The number of carbonyl (C=O) groups excluding carboxylic acids is 1. The lowest BCUT2D eigenvalue weighted by atomic mass is 10.2. The number of aromatic nitrogens is 1. The van der Waals surface area contributed by atoms with Gasteiger partial charge in [0.1, 0.15) is 23.9 Å². The monoisotopic (exact) mass is 390 g/mol. The first kappa shape index (κ1) is 16.5. The summed E-state index contributed by atoms with van der Waals surface area (Å²) < 4.78 is 19.1. The van der Waals surface area contributed by atoms with E-state index in [1.165, 1.54) is 12.1 Å². The first-order valence-electron chi connectivity index (χ1n) is 7.46. The van der Waals surface area contributed by atoms with Gasteiger partial charge in [-0.1, -0.05) is 18.2 Å². The Morgan fingerprint density at radius 2 is 1.92 bits per heavy atom. The molecule has 124 valence electrons. The fraction of sp³-hybridized carbons (Fsp3) is 0.167. The van der Waals surface area contributed by atoms with Gasteiger partial charge < -0.3 is 14.6 Å². The number of carbonyl (C=O) groups is 1. The summed E-state index contributed by atoms with van der Waals surface area (Å²) in [7, 11) is 1.72. The van der Waals surface area contributed by atoms with Crippen molar-refractivity contribution in [2.75, 3.05) is 20.2 Å². The minimum absolute atomic E-state index is 0.124. The van der Waals surface area contributed by atoms with Crippen LogP contribution in [-0.4, -0.2) is 36.0 Å². The number of hydrogen-bond acceptors (Lipinski definition) is 2. The van der Waals surface area contributed by atoms with Gasteiger partial charge in [0, 0.05) is 18.0 Å². The standard InChI is InChI=1S/C18H16BrFN2O2/c1-22(10-11-24-13-8-6-12(20)7-9-13)18(23)17-16(19)14-4-2-3-5-15(14)21-17/h2-9,21H,10-11H2,1H3. The number of halogens is 2. The molecule has 0 atom stereocenters. The molecule has 0 saturated carbocycles. The Morgan fingerprint density at radius 3 is 2.62 bits per heavy atom. The van der Waals surface area contributed by atoms with Crippen molar-refractivity contribution in [1.82, 2.24) is 9.88 Å². The van der Waals surface area contributed by atoms with Crippen LogP contribution in [0.15, 0.2) is 53.0 Å². The molecule has 0 bridgehead atoms. The first-order valence-corrected chi connectivity index (χ1v) is 8.25. The van der Waals surface area contributed by atoms with Crippen molar-refractivity contribution in [1.29, 1.82) is 0 Å². The van der Waals surface area contributed by atoms with Crippen LogP contribution >= 0.6 is 15.9 Å². The summed E-state index contributed by atoms with van der Waals surface area (Å²) in [4.78, 5) is 17.3. The lowest BCUT2D eigenvalue weighted by Crippen LogP contribution is -2.31. The molecule has 4 nitrogen and oxygen atoms in total. The number of rotatable bonds is 5. The number of nitrogens with zero attached hydrogens (tertiary/aromatic N) is 1. The second kappa shape index (κ2) is 7.05. The second-order valence-corrected chi connectivity index (χ2v) is 6.18. The van der Waals surface area contributed by atoms with Gasteiger partial charge in [-0.3, -0.25) is 4.79 Å². The maximum Gasteiger partial charge on any atom is 0.271 e. The first-order chi connectivity index (χ1) is 11.6. The van der Waals surface area contributed by atoms with E-state index in [4.69, 9.17) is 4.74 Å². The maximum atomic E-state index is 12.8. The molecule has 3 aromatic rings. The number of benzene rings is 2. The quantitative estimate of drug-likeness (QED) is 0.708. The topological polar surface area (TPSA) is 45.3 Å². The number of hydrogen-bond donors (Lipinski definition) is 1. The van der Waals surface area contributed by atoms with Gasteiger partial charge in [-0.25, -0.2) is 4.39 Å². The van der Waals surface area contributed by atoms with E-state index in [0.717, 1.165) is 15.4 Å². The molecular weight excluding hydrogens is 375 g/mol. The summed E-state index contributed by atoms with van der Waals surface area (Å²) in [5, 5.41) is 0.969. The van der Waals surface area contributed by atoms with Crippen LogP contribution in [0.2, 0.25) is 0 Å². The number of likely N-dealkylation sites (N-methyl/N-ethyl adjacent to an activating group) is 1. The summed E-state index contributed by atoms with van der Waals surface area (Å²) in [5.41, 5.74) is 1.42. The van der Waals surface area contributed by atoms with Crippen molar-refractivity contribution >= 4 is 32.7 Å². The SMILES string of the molecule is CN(CCOc1ccc(F)cc1)C(=O)c1[nH]c2ccccc2c1Br. The second-order valence-electron chi connectivity index (χ2n) is 5.39. The Bertz CT molecular complexity index is 861. The predicted molar refractivity (Wildman–Crippen MR) is 94.9 cm³/mol. The van der Waals surface area contributed by atoms with Crippen molar-refractivity contribution in [2.24, 2.45) is 0 Å². The lowest BCUT2D eigenvalue weighted by Gasteiger charge is -2.17. The molecule has 1 amide bonds. The number of para-hydroxylation sites is 1. The molecule has 0 radical (unpaired) electrons. The summed E-state index contributed by atoms with van der Waals surface area (Å²) in [6, 6.07) is 13.5.